The molecule has 0 fully saturated rings. The van der Waals surface area contributed by atoms with Gasteiger partial charge in [-0.25, -0.2) is 0 Å². The van der Waals surface area contributed by atoms with Crippen molar-refractivity contribution >= 4 is 22.8 Å². The number of amides is 1. The second-order valence-corrected chi connectivity index (χ2v) is 7.44. The van der Waals surface area contributed by atoms with Crippen LogP contribution in [0.5, 0.6) is 0 Å². The maximum absolute atomic E-state index is 12.6. The molecule has 2 aromatic rings. The molecule has 1 heterocycles. The largest absolute Gasteiger partial charge is 0.464 e. The van der Waals surface area contributed by atoms with Gasteiger partial charge < -0.3 is 14.1 Å². The summed E-state index contributed by atoms with van der Waals surface area (Å²) in [5, 5.41) is 0.912. The van der Waals surface area contributed by atoms with E-state index < -0.39 is 12.1 Å². The van der Waals surface area contributed by atoms with Crippen molar-refractivity contribution in [1.82, 2.24) is 4.90 Å². The molecular formula is C21H29NO4. The first-order valence-electron chi connectivity index (χ1n) is 9.10. The first-order valence-corrected chi connectivity index (χ1v) is 9.10. The molecule has 0 aliphatic heterocycles. The van der Waals surface area contributed by atoms with Gasteiger partial charge in [-0.1, -0.05) is 0 Å². The summed E-state index contributed by atoms with van der Waals surface area (Å²) in [6, 6.07) is 4.08. The molecule has 1 aromatic carbocycles. The molecule has 2 rings (SSSR count). The fraction of sp³-hybridized carbons (Fsp3) is 0.524. The molecule has 1 aromatic heterocycles. The highest BCUT2D eigenvalue weighted by Crippen LogP contribution is 2.25. The van der Waals surface area contributed by atoms with Gasteiger partial charge >= 0.3 is 5.97 Å². The third kappa shape index (κ3) is 4.26. The van der Waals surface area contributed by atoms with E-state index in [1.54, 1.807) is 18.1 Å². The van der Waals surface area contributed by atoms with Gasteiger partial charge in [0, 0.05) is 23.0 Å². The van der Waals surface area contributed by atoms with Gasteiger partial charge in [-0.2, -0.15) is 0 Å². The van der Waals surface area contributed by atoms with Gasteiger partial charge in [0.25, 0.3) is 5.91 Å². The molecule has 0 radical (unpaired) electrons. The van der Waals surface area contributed by atoms with E-state index in [2.05, 4.69) is 0 Å². The predicted molar refractivity (Wildman–Crippen MR) is 102 cm³/mol. The molecule has 0 unspecified atom stereocenters. The van der Waals surface area contributed by atoms with Crippen molar-refractivity contribution in [3.05, 3.63) is 35.1 Å². The van der Waals surface area contributed by atoms with Crippen LogP contribution in [0.2, 0.25) is 0 Å². The van der Waals surface area contributed by atoms with E-state index in [0.717, 1.165) is 27.7 Å². The smallest absolute Gasteiger partial charge is 0.311 e. The Labute approximate surface area is 155 Å². The van der Waals surface area contributed by atoms with Crippen LogP contribution in [0.25, 0.3) is 11.0 Å². The zero-order chi connectivity index (χ0) is 19.6. The Balaban J connectivity index is 2.09. The molecule has 0 N–H and O–H groups in total. The fourth-order valence-corrected chi connectivity index (χ4v) is 3.23. The molecule has 26 heavy (non-hydrogen) atoms. The lowest BCUT2D eigenvalue weighted by Gasteiger charge is -2.32. The Morgan fingerprint density at radius 1 is 1.04 bits per heavy atom. The van der Waals surface area contributed by atoms with Gasteiger partial charge in [0.05, 0.1) is 12.7 Å². The maximum atomic E-state index is 12.6. The lowest BCUT2D eigenvalue weighted by Crippen LogP contribution is -2.47. The molecule has 0 aliphatic carbocycles. The zero-order valence-electron chi connectivity index (χ0n) is 16.8. The van der Waals surface area contributed by atoms with Crippen molar-refractivity contribution in [2.45, 2.75) is 73.1 Å². The molecule has 1 atom stereocenters. The van der Waals surface area contributed by atoms with E-state index >= 15 is 0 Å². The normalized spacial score (nSPS) is 12.7. The summed E-state index contributed by atoms with van der Waals surface area (Å²) < 4.78 is 11.0. The van der Waals surface area contributed by atoms with Crippen molar-refractivity contribution < 1.29 is 18.7 Å². The minimum Gasteiger partial charge on any atom is -0.464 e. The van der Waals surface area contributed by atoms with Gasteiger partial charge in [-0.05, 0) is 71.7 Å². The lowest BCUT2D eigenvalue weighted by atomic mass is 10.0. The number of nitrogens with zero attached hydrogens (tertiary/aromatic N) is 1. The molecule has 0 bridgehead atoms. The van der Waals surface area contributed by atoms with Gasteiger partial charge in [-0.3, -0.25) is 9.59 Å². The standard InChI is InChI=1S/C21H29NO4/c1-12(2)22(13(3)4)21(24)16(7)26-20(23)10-17-11-25-19-9-15(6)14(5)8-18(17)19/h8-9,11-13,16H,10H2,1-7H3/t16-/m1/s1. The molecule has 0 saturated carbocycles. The van der Waals surface area contributed by atoms with Crippen molar-refractivity contribution in [3.8, 4) is 0 Å². The SMILES string of the molecule is Cc1cc2occ(CC(=O)O[C@H](C)C(=O)N(C(C)C)C(C)C)c2cc1C. The number of aryl methyl sites for hydroxylation is 2. The number of benzene rings is 1. The van der Waals surface area contributed by atoms with Crippen LogP contribution in [0.3, 0.4) is 0 Å². The van der Waals surface area contributed by atoms with Crippen LogP contribution in [0, 0.1) is 13.8 Å². The molecule has 5 heteroatoms. The average molecular weight is 359 g/mol. The highest BCUT2D eigenvalue weighted by atomic mass is 16.5. The summed E-state index contributed by atoms with van der Waals surface area (Å²) in [6.45, 7) is 13.5. The van der Waals surface area contributed by atoms with E-state index in [4.69, 9.17) is 9.15 Å². The molecular weight excluding hydrogens is 330 g/mol. The van der Waals surface area contributed by atoms with Crippen molar-refractivity contribution in [1.29, 1.82) is 0 Å². The Kier molecular flexibility index (Phi) is 6.11. The van der Waals surface area contributed by atoms with Gasteiger partial charge in [-0.15, -0.1) is 0 Å². The van der Waals surface area contributed by atoms with Crippen LogP contribution in [0.15, 0.2) is 22.8 Å². The molecule has 0 aliphatic rings. The molecule has 1 amide bonds. The monoisotopic (exact) mass is 359 g/mol. The summed E-state index contributed by atoms with van der Waals surface area (Å²) in [5.41, 5.74) is 3.81. The number of esters is 1. The number of rotatable bonds is 6. The molecule has 0 spiro atoms. The van der Waals surface area contributed by atoms with E-state index in [1.807, 2.05) is 53.7 Å². The number of hydrogen-bond acceptors (Lipinski definition) is 4. The second-order valence-electron chi connectivity index (χ2n) is 7.44. The Morgan fingerprint density at radius 2 is 1.62 bits per heavy atom. The summed E-state index contributed by atoms with van der Waals surface area (Å²) >= 11 is 0. The average Bonchev–Trinajstić information content (AvgIpc) is 2.88. The van der Waals surface area contributed by atoms with Crippen LogP contribution in [-0.4, -0.2) is 35.0 Å². The van der Waals surface area contributed by atoms with Crippen molar-refractivity contribution in [2.75, 3.05) is 0 Å². The highest BCUT2D eigenvalue weighted by Gasteiger charge is 2.27. The predicted octanol–water partition coefficient (Wildman–Crippen LogP) is 4.17. The third-order valence-corrected chi connectivity index (χ3v) is 4.63. The lowest BCUT2D eigenvalue weighted by molar-refractivity contribution is -0.160. The number of carbonyl (C=O) groups excluding carboxylic acids is 2. The van der Waals surface area contributed by atoms with E-state index in [-0.39, 0.29) is 24.4 Å². The van der Waals surface area contributed by atoms with Gasteiger partial charge in [0.2, 0.25) is 0 Å². The van der Waals surface area contributed by atoms with Crippen LogP contribution >= 0.6 is 0 Å². The first kappa shape index (κ1) is 20.0. The Bertz CT molecular complexity index is 796. The molecule has 5 nitrogen and oxygen atoms in total. The molecule has 0 saturated heterocycles. The van der Waals surface area contributed by atoms with Gasteiger partial charge in [0.15, 0.2) is 6.10 Å². The topological polar surface area (TPSA) is 59.8 Å². The van der Waals surface area contributed by atoms with Crippen LogP contribution in [-0.2, 0) is 20.7 Å². The van der Waals surface area contributed by atoms with Crippen LogP contribution in [0.4, 0.5) is 0 Å². The quantitative estimate of drug-likeness (QED) is 0.726. The zero-order valence-corrected chi connectivity index (χ0v) is 16.8. The van der Waals surface area contributed by atoms with Crippen LogP contribution < -0.4 is 0 Å². The van der Waals surface area contributed by atoms with E-state index in [1.165, 1.54) is 0 Å². The van der Waals surface area contributed by atoms with Crippen molar-refractivity contribution in [2.24, 2.45) is 0 Å². The summed E-state index contributed by atoms with van der Waals surface area (Å²) in [7, 11) is 0. The second kappa shape index (κ2) is 7.94. The van der Waals surface area contributed by atoms with Gasteiger partial charge in [0.1, 0.15) is 5.58 Å². The third-order valence-electron chi connectivity index (χ3n) is 4.63. The number of furan rings is 1. The Morgan fingerprint density at radius 3 is 2.19 bits per heavy atom. The summed E-state index contributed by atoms with van der Waals surface area (Å²) in [4.78, 5) is 26.7. The summed E-state index contributed by atoms with van der Waals surface area (Å²) in [5.74, 6) is -0.605. The number of hydrogen-bond donors (Lipinski definition) is 0. The fourth-order valence-electron chi connectivity index (χ4n) is 3.23. The minimum atomic E-state index is -0.811. The highest BCUT2D eigenvalue weighted by molar-refractivity contribution is 5.88. The summed E-state index contributed by atoms with van der Waals surface area (Å²) in [6.07, 6.45) is 0.858. The number of carbonyl (C=O) groups is 2. The number of fused-ring (bicyclic) bond motifs is 1. The first-order chi connectivity index (χ1) is 12.1. The minimum absolute atomic E-state index is 0.0488. The maximum Gasteiger partial charge on any atom is 0.311 e. The molecule has 142 valence electrons. The van der Waals surface area contributed by atoms with E-state index in [9.17, 15) is 9.59 Å². The van der Waals surface area contributed by atoms with Crippen LogP contribution in [0.1, 0.15) is 51.3 Å². The number of ether oxygens (including phenoxy) is 1. The van der Waals surface area contributed by atoms with E-state index in [0.29, 0.717) is 0 Å². The Hall–Kier alpha value is -2.30. The van der Waals surface area contributed by atoms with Crippen molar-refractivity contribution in [3.63, 3.8) is 0 Å².